The van der Waals surface area contributed by atoms with Crippen LogP contribution in [0.2, 0.25) is 0 Å². The lowest BCUT2D eigenvalue weighted by atomic mass is 10.1. The van der Waals surface area contributed by atoms with Crippen molar-refractivity contribution in [3.63, 3.8) is 0 Å². The van der Waals surface area contributed by atoms with Crippen molar-refractivity contribution in [3.8, 4) is 0 Å². The fraction of sp³-hybridized carbons (Fsp3) is 0.476. The quantitative estimate of drug-likeness (QED) is 0.346. The standard InChI is InChI=1S/C21H26N6O2S2/c1-12-15(13(2)27-20(22-12)23-21(26-27)30-3)9-10-18(28)24-25-19(29)17-11-14-7-5-4-6-8-16(14)31-17/h11H,4-10H2,1-3H3,(H,24,28)(H,25,29). The van der Waals surface area contributed by atoms with Gasteiger partial charge in [0.25, 0.3) is 11.7 Å². The Morgan fingerprint density at radius 3 is 2.77 bits per heavy atom. The van der Waals surface area contributed by atoms with E-state index in [1.165, 1.54) is 52.8 Å². The van der Waals surface area contributed by atoms with E-state index < -0.39 is 0 Å². The van der Waals surface area contributed by atoms with E-state index in [0.717, 1.165) is 29.8 Å². The molecule has 0 fully saturated rings. The number of thioether (sulfide) groups is 1. The Morgan fingerprint density at radius 2 is 1.97 bits per heavy atom. The number of nitrogens with zero attached hydrogens (tertiary/aromatic N) is 4. The lowest BCUT2D eigenvalue weighted by molar-refractivity contribution is -0.121. The molecule has 1 aliphatic carbocycles. The zero-order valence-electron chi connectivity index (χ0n) is 17.9. The first-order valence-corrected chi connectivity index (χ1v) is 12.5. The van der Waals surface area contributed by atoms with Gasteiger partial charge in [0.1, 0.15) is 0 Å². The van der Waals surface area contributed by atoms with Gasteiger partial charge in [-0.05, 0) is 69.4 Å². The van der Waals surface area contributed by atoms with Crippen LogP contribution in [-0.4, -0.2) is 37.7 Å². The zero-order valence-corrected chi connectivity index (χ0v) is 19.6. The van der Waals surface area contributed by atoms with Crippen molar-refractivity contribution in [3.05, 3.63) is 38.3 Å². The first-order valence-electron chi connectivity index (χ1n) is 10.4. The van der Waals surface area contributed by atoms with Gasteiger partial charge in [-0.15, -0.1) is 16.4 Å². The summed E-state index contributed by atoms with van der Waals surface area (Å²) in [6, 6.07) is 1.97. The van der Waals surface area contributed by atoms with Gasteiger partial charge in [-0.3, -0.25) is 20.4 Å². The molecule has 0 spiro atoms. The van der Waals surface area contributed by atoms with Crippen LogP contribution in [0.25, 0.3) is 5.78 Å². The average Bonchev–Trinajstić information content (AvgIpc) is 3.29. The number of aryl methyl sites for hydroxylation is 4. The second-order valence-corrected chi connectivity index (χ2v) is 9.60. The number of amides is 2. The average molecular weight is 459 g/mol. The fourth-order valence-electron chi connectivity index (χ4n) is 3.91. The summed E-state index contributed by atoms with van der Waals surface area (Å²) < 4.78 is 1.72. The summed E-state index contributed by atoms with van der Waals surface area (Å²) in [6.45, 7) is 3.87. The molecule has 0 saturated carbocycles. The highest BCUT2D eigenvalue weighted by atomic mass is 32.2. The molecule has 0 saturated heterocycles. The molecule has 3 aromatic heterocycles. The molecule has 2 amide bonds. The summed E-state index contributed by atoms with van der Waals surface area (Å²) in [5.41, 5.74) is 9.11. The van der Waals surface area contributed by atoms with Crippen molar-refractivity contribution in [1.82, 2.24) is 30.4 Å². The Kier molecular flexibility index (Phi) is 6.57. The van der Waals surface area contributed by atoms with E-state index in [0.29, 0.717) is 22.2 Å². The van der Waals surface area contributed by atoms with Crippen LogP contribution in [0.3, 0.4) is 0 Å². The maximum absolute atomic E-state index is 12.5. The molecule has 31 heavy (non-hydrogen) atoms. The molecular weight excluding hydrogens is 432 g/mol. The molecule has 0 bridgehead atoms. The second-order valence-electron chi connectivity index (χ2n) is 7.69. The molecule has 3 heterocycles. The SMILES string of the molecule is CSc1nc2nc(C)c(CCC(=O)NNC(=O)c3cc4c(s3)CCCCC4)c(C)n2n1. The lowest BCUT2D eigenvalue weighted by Crippen LogP contribution is -2.41. The summed E-state index contributed by atoms with van der Waals surface area (Å²) in [6.07, 6.45) is 8.34. The maximum Gasteiger partial charge on any atom is 0.279 e. The van der Waals surface area contributed by atoms with Crippen molar-refractivity contribution in [2.45, 2.75) is 63.9 Å². The number of carbonyl (C=O) groups excluding carboxylic acids is 2. The normalized spacial score (nSPS) is 13.6. The third-order valence-electron chi connectivity index (χ3n) is 5.60. The van der Waals surface area contributed by atoms with E-state index in [1.807, 2.05) is 26.2 Å². The summed E-state index contributed by atoms with van der Waals surface area (Å²) in [5.74, 6) is 0.0667. The van der Waals surface area contributed by atoms with E-state index in [4.69, 9.17) is 0 Å². The van der Waals surface area contributed by atoms with Crippen molar-refractivity contribution in [2.75, 3.05) is 6.26 Å². The van der Waals surface area contributed by atoms with Crippen LogP contribution in [0.5, 0.6) is 0 Å². The van der Waals surface area contributed by atoms with E-state index in [9.17, 15) is 9.59 Å². The summed E-state index contributed by atoms with van der Waals surface area (Å²) >= 11 is 3.00. The Bertz CT molecular complexity index is 1110. The number of nitrogens with one attached hydrogen (secondary N) is 2. The van der Waals surface area contributed by atoms with Gasteiger partial charge in [0.05, 0.1) is 4.88 Å². The highest BCUT2D eigenvalue weighted by Gasteiger charge is 2.18. The molecular formula is C21H26N6O2S2. The van der Waals surface area contributed by atoms with Crippen LogP contribution < -0.4 is 10.9 Å². The molecule has 2 N–H and O–H groups in total. The number of carbonyl (C=O) groups is 2. The number of aromatic nitrogens is 4. The van der Waals surface area contributed by atoms with Crippen LogP contribution in [-0.2, 0) is 24.1 Å². The van der Waals surface area contributed by atoms with Gasteiger partial charge >= 0.3 is 0 Å². The Morgan fingerprint density at radius 1 is 1.16 bits per heavy atom. The van der Waals surface area contributed by atoms with Crippen LogP contribution in [0.1, 0.15) is 62.7 Å². The van der Waals surface area contributed by atoms with Gasteiger partial charge in [0, 0.05) is 22.7 Å². The minimum atomic E-state index is -0.255. The Labute approximate surface area is 189 Å². The first-order chi connectivity index (χ1) is 15.0. The monoisotopic (exact) mass is 458 g/mol. The molecule has 0 aliphatic heterocycles. The number of hydrogen-bond acceptors (Lipinski definition) is 7. The predicted octanol–water partition coefficient (Wildman–Crippen LogP) is 3.19. The Balaban J connectivity index is 1.35. The highest BCUT2D eigenvalue weighted by Crippen LogP contribution is 2.28. The largest absolute Gasteiger partial charge is 0.279 e. The first kappa shape index (κ1) is 21.8. The maximum atomic E-state index is 12.5. The van der Waals surface area contributed by atoms with Crippen molar-refractivity contribution >= 4 is 40.7 Å². The lowest BCUT2D eigenvalue weighted by Gasteiger charge is -2.10. The minimum absolute atomic E-state index is 0.236. The number of thiophene rings is 1. The number of fused-ring (bicyclic) bond motifs is 2. The predicted molar refractivity (Wildman–Crippen MR) is 122 cm³/mol. The zero-order chi connectivity index (χ0) is 22.0. The molecule has 10 heteroatoms. The molecule has 3 aromatic rings. The van der Waals surface area contributed by atoms with E-state index in [-0.39, 0.29) is 18.2 Å². The van der Waals surface area contributed by atoms with Crippen molar-refractivity contribution in [2.24, 2.45) is 0 Å². The summed E-state index contributed by atoms with van der Waals surface area (Å²) in [4.78, 5) is 35.7. The third kappa shape index (κ3) is 4.74. The van der Waals surface area contributed by atoms with Gasteiger partial charge < -0.3 is 0 Å². The van der Waals surface area contributed by atoms with Crippen molar-refractivity contribution < 1.29 is 9.59 Å². The molecule has 4 rings (SSSR count). The van der Waals surface area contributed by atoms with Gasteiger partial charge in [-0.2, -0.15) is 4.98 Å². The van der Waals surface area contributed by atoms with Crippen molar-refractivity contribution in [1.29, 1.82) is 0 Å². The van der Waals surface area contributed by atoms with E-state index >= 15 is 0 Å². The summed E-state index contributed by atoms with van der Waals surface area (Å²) in [7, 11) is 0. The molecule has 0 radical (unpaired) electrons. The third-order valence-corrected chi connectivity index (χ3v) is 7.37. The summed E-state index contributed by atoms with van der Waals surface area (Å²) in [5, 5.41) is 5.10. The van der Waals surface area contributed by atoms with Crippen LogP contribution >= 0.6 is 23.1 Å². The van der Waals surface area contributed by atoms with Crippen LogP contribution in [0, 0.1) is 13.8 Å². The topological polar surface area (TPSA) is 101 Å². The fourth-order valence-corrected chi connectivity index (χ4v) is 5.39. The smallest absolute Gasteiger partial charge is 0.273 e. The molecule has 164 valence electrons. The number of rotatable bonds is 5. The van der Waals surface area contributed by atoms with Gasteiger partial charge in [0.2, 0.25) is 11.1 Å². The van der Waals surface area contributed by atoms with E-state index in [1.54, 1.807) is 4.52 Å². The molecule has 1 aliphatic rings. The number of hydrogen-bond donors (Lipinski definition) is 2. The van der Waals surface area contributed by atoms with Gasteiger partial charge in [-0.1, -0.05) is 18.2 Å². The van der Waals surface area contributed by atoms with Crippen LogP contribution in [0.15, 0.2) is 11.2 Å². The molecule has 0 aromatic carbocycles. The van der Waals surface area contributed by atoms with Crippen LogP contribution in [0.4, 0.5) is 0 Å². The molecule has 0 unspecified atom stereocenters. The Hall–Kier alpha value is -2.46. The van der Waals surface area contributed by atoms with Gasteiger partial charge in [0.15, 0.2) is 0 Å². The van der Waals surface area contributed by atoms with E-state index in [2.05, 4.69) is 25.9 Å². The van der Waals surface area contributed by atoms with Gasteiger partial charge in [-0.25, -0.2) is 9.50 Å². The minimum Gasteiger partial charge on any atom is -0.273 e. The second kappa shape index (κ2) is 9.35. The molecule has 8 nitrogen and oxygen atoms in total. The number of hydrazine groups is 1. The highest BCUT2D eigenvalue weighted by molar-refractivity contribution is 7.98. The molecule has 0 atom stereocenters.